The molecule has 82 valence electrons. The molecule has 0 fully saturated rings. The standard InChI is InChI=1S/C11H12N4O/c1-7-3-2-4-8(5-7)11(16)14-10-9(12)6-13-15-10/h2-6H,12H2,1H3,(H2,13,14,15,16). The third-order valence-electron chi connectivity index (χ3n) is 2.19. The second-order valence-corrected chi connectivity index (χ2v) is 3.52. The minimum atomic E-state index is -0.209. The molecule has 0 saturated carbocycles. The molecule has 5 heteroatoms. The fourth-order valence-electron chi connectivity index (χ4n) is 1.37. The Balaban J connectivity index is 2.18. The van der Waals surface area contributed by atoms with Gasteiger partial charge in [-0.2, -0.15) is 5.10 Å². The van der Waals surface area contributed by atoms with E-state index in [9.17, 15) is 4.79 Å². The third kappa shape index (κ3) is 2.03. The quantitative estimate of drug-likeness (QED) is 0.712. The molecule has 0 aliphatic heterocycles. The molecular formula is C11H12N4O. The number of anilines is 2. The number of benzene rings is 1. The van der Waals surface area contributed by atoms with Crippen molar-refractivity contribution in [1.82, 2.24) is 10.2 Å². The van der Waals surface area contributed by atoms with Crippen LogP contribution in [0.2, 0.25) is 0 Å². The van der Waals surface area contributed by atoms with Crippen molar-refractivity contribution < 1.29 is 4.79 Å². The molecule has 0 aliphatic carbocycles. The van der Waals surface area contributed by atoms with E-state index in [2.05, 4.69) is 15.5 Å². The molecule has 2 rings (SSSR count). The Hall–Kier alpha value is -2.30. The van der Waals surface area contributed by atoms with Gasteiger partial charge in [0.2, 0.25) is 0 Å². The Kier molecular flexibility index (Phi) is 2.59. The molecule has 0 aliphatic rings. The average molecular weight is 216 g/mol. The topological polar surface area (TPSA) is 83.8 Å². The van der Waals surface area contributed by atoms with Gasteiger partial charge in [0.1, 0.15) is 0 Å². The summed E-state index contributed by atoms with van der Waals surface area (Å²) in [6, 6.07) is 7.32. The van der Waals surface area contributed by atoms with Crippen LogP contribution in [0.4, 0.5) is 11.5 Å². The van der Waals surface area contributed by atoms with E-state index < -0.39 is 0 Å². The normalized spacial score (nSPS) is 10.1. The molecule has 0 radical (unpaired) electrons. The fraction of sp³-hybridized carbons (Fsp3) is 0.0909. The van der Waals surface area contributed by atoms with Gasteiger partial charge >= 0.3 is 0 Å². The number of rotatable bonds is 2. The van der Waals surface area contributed by atoms with Crippen LogP contribution in [-0.4, -0.2) is 16.1 Å². The van der Waals surface area contributed by atoms with Crippen LogP contribution in [0.15, 0.2) is 30.5 Å². The van der Waals surface area contributed by atoms with Gasteiger partial charge < -0.3 is 11.1 Å². The number of hydrogen-bond donors (Lipinski definition) is 3. The number of nitrogens with two attached hydrogens (primary N) is 1. The largest absolute Gasteiger partial charge is 0.394 e. The molecule has 4 N–H and O–H groups in total. The Morgan fingerprint density at radius 1 is 1.50 bits per heavy atom. The Bertz CT molecular complexity index is 518. The van der Waals surface area contributed by atoms with Crippen LogP contribution in [-0.2, 0) is 0 Å². The first-order chi connectivity index (χ1) is 7.66. The van der Waals surface area contributed by atoms with Crippen LogP contribution in [0, 0.1) is 6.92 Å². The Morgan fingerprint density at radius 3 is 2.94 bits per heavy atom. The van der Waals surface area contributed by atoms with E-state index in [1.165, 1.54) is 6.20 Å². The maximum Gasteiger partial charge on any atom is 0.256 e. The summed E-state index contributed by atoms with van der Waals surface area (Å²) in [4.78, 5) is 11.8. The van der Waals surface area contributed by atoms with Crippen LogP contribution in [0.1, 0.15) is 15.9 Å². The summed E-state index contributed by atoms with van der Waals surface area (Å²) >= 11 is 0. The Morgan fingerprint density at radius 2 is 2.31 bits per heavy atom. The van der Waals surface area contributed by atoms with Gasteiger partial charge in [-0.05, 0) is 19.1 Å². The number of aromatic nitrogens is 2. The lowest BCUT2D eigenvalue weighted by molar-refractivity contribution is 0.102. The molecule has 1 aromatic heterocycles. The van der Waals surface area contributed by atoms with Crippen molar-refractivity contribution in [3.05, 3.63) is 41.6 Å². The molecular weight excluding hydrogens is 204 g/mol. The van der Waals surface area contributed by atoms with Crippen LogP contribution in [0.5, 0.6) is 0 Å². The molecule has 0 bridgehead atoms. The molecule has 16 heavy (non-hydrogen) atoms. The van der Waals surface area contributed by atoms with Crippen LogP contribution >= 0.6 is 0 Å². The van der Waals surface area contributed by atoms with Crippen molar-refractivity contribution in [2.75, 3.05) is 11.1 Å². The van der Waals surface area contributed by atoms with Gasteiger partial charge in [-0.25, -0.2) is 0 Å². The summed E-state index contributed by atoms with van der Waals surface area (Å²) in [6.07, 6.45) is 1.45. The maximum absolute atomic E-state index is 11.8. The van der Waals surface area contributed by atoms with E-state index >= 15 is 0 Å². The third-order valence-corrected chi connectivity index (χ3v) is 2.19. The van der Waals surface area contributed by atoms with Gasteiger partial charge in [-0.1, -0.05) is 17.7 Å². The minimum Gasteiger partial charge on any atom is -0.394 e. The summed E-state index contributed by atoms with van der Waals surface area (Å²) in [5.41, 5.74) is 7.63. The number of H-pyrrole nitrogens is 1. The second-order valence-electron chi connectivity index (χ2n) is 3.52. The molecule has 1 heterocycles. The van der Waals surface area contributed by atoms with E-state index in [0.29, 0.717) is 17.1 Å². The number of hydrogen-bond acceptors (Lipinski definition) is 3. The van der Waals surface area contributed by atoms with Crippen molar-refractivity contribution >= 4 is 17.4 Å². The number of carbonyl (C=O) groups is 1. The molecule has 0 spiro atoms. The molecule has 0 saturated heterocycles. The lowest BCUT2D eigenvalue weighted by atomic mass is 10.1. The predicted molar refractivity (Wildman–Crippen MR) is 62.1 cm³/mol. The van der Waals surface area contributed by atoms with E-state index in [0.717, 1.165) is 5.56 Å². The highest BCUT2D eigenvalue weighted by atomic mass is 16.1. The molecule has 1 aromatic carbocycles. The number of carbonyl (C=O) groups excluding carboxylic acids is 1. The lowest BCUT2D eigenvalue weighted by Crippen LogP contribution is -2.13. The lowest BCUT2D eigenvalue weighted by Gasteiger charge is -2.04. The second kappa shape index (κ2) is 4.06. The fourth-order valence-corrected chi connectivity index (χ4v) is 1.37. The van der Waals surface area contributed by atoms with Crippen molar-refractivity contribution in [3.63, 3.8) is 0 Å². The number of nitrogens with zero attached hydrogens (tertiary/aromatic N) is 1. The summed E-state index contributed by atoms with van der Waals surface area (Å²) < 4.78 is 0. The first-order valence-corrected chi connectivity index (χ1v) is 4.83. The first-order valence-electron chi connectivity index (χ1n) is 4.83. The highest BCUT2D eigenvalue weighted by Gasteiger charge is 2.08. The highest BCUT2D eigenvalue weighted by Crippen LogP contribution is 2.14. The first kappa shape index (κ1) is 10.2. The molecule has 1 amide bonds. The summed E-state index contributed by atoms with van der Waals surface area (Å²) in [5.74, 6) is 0.214. The molecule has 0 atom stereocenters. The van der Waals surface area contributed by atoms with Crippen LogP contribution in [0.3, 0.4) is 0 Å². The summed E-state index contributed by atoms with van der Waals surface area (Å²) in [5, 5.41) is 8.99. The van der Waals surface area contributed by atoms with Crippen LogP contribution < -0.4 is 11.1 Å². The van der Waals surface area contributed by atoms with Gasteiger partial charge in [-0.15, -0.1) is 0 Å². The number of aromatic amines is 1. The maximum atomic E-state index is 11.8. The minimum absolute atomic E-state index is 0.209. The van der Waals surface area contributed by atoms with E-state index in [1.807, 2.05) is 25.1 Å². The van der Waals surface area contributed by atoms with Crippen LogP contribution in [0.25, 0.3) is 0 Å². The number of nitrogen functional groups attached to an aromatic ring is 1. The van der Waals surface area contributed by atoms with Crippen molar-refractivity contribution in [3.8, 4) is 0 Å². The van der Waals surface area contributed by atoms with Crippen molar-refractivity contribution in [2.24, 2.45) is 0 Å². The molecule has 0 unspecified atom stereocenters. The molecule has 2 aromatic rings. The SMILES string of the molecule is Cc1cccc(C(=O)Nc2[nH]ncc2N)c1. The number of nitrogens with one attached hydrogen (secondary N) is 2. The predicted octanol–water partition coefficient (Wildman–Crippen LogP) is 1.55. The monoisotopic (exact) mass is 216 g/mol. The zero-order valence-electron chi connectivity index (χ0n) is 8.82. The van der Waals surface area contributed by atoms with Gasteiger partial charge in [0, 0.05) is 5.56 Å². The van der Waals surface area contributed by atoms with Gasteiger partial charge in [0.25, 0.3) is 5.91 Å². The van der Waals surface area contributed by atoms with E-state index in [1.54, 1.807) is 6.07 Å². The Labute approximate surface area is 92.7 Å². The van der Waals surface area contributed by atoms with Gasteiger partial charge in [0.05, 0.1) is 11.9 Å². The number of amides is 1. The van der Waals surface area contributed by atoms with E-state index in [4.69, 9.17) is 5.73 Å². The van der Waals surface area contributed by atoms with Gasteiger partial charge in [0.15, 0.2) is 5.82 Å². The van der Waals surface area contributed by atoms with Crippen molar-refractivity contribution in [1.29, 1.82) is 0 Å². The average Bonchev–Trinajstić information content (AvgIpc) is 2.64. The summed E-state index contributed by atoms with van der Waals surface area (Å²) in [6.45, 7) is 1.93. The smallest absolute Gasteiger partial charge is 0.256 e. The zero-order chi connectivity index (χ0) is 11.5. The van der Waals surface area contributed by atoms with Gasteiger partial charge in [-0.3, -0.25) is 9.89 Å². The summed E-state index contributed by atoms with van der Waals surface area (Å²) in [7, 11) is 0. The molecule has 5 nitrogen and oxygen atoms in total. The highest BCUT2D eigenvalue weighted by molar-refractivity contribution is 6.05. The number of aryl methyl sites for hydroxylation is 1. The zero-order valence-corrected chi connectivity index (χ0v) is 8.82. The van der Waals surface area contributed by atoms with E-state index in [-0.39, 0.29) is 5.91 Å². The van der Waals surface area contributed by atoms with Crippen molar-refractivity contribution in [2.45, 2.75) is 6.92 Å².